The maximum Gasteiger partial charge on any atom is 0.417 e. The lowest BCUT2D eigenvalue weighted by Crippen LogP contribution is -2.07. The van der Waals surface area contributed by atoms with Crippen molar-refractivity contribution in [2.24, 2.45) is 0 Å². The van der Waals surface area contributed by atoms with Crippen molar-refractivity contribution in [3.8, 4) is 11.3 Å². The van der Waals surface area contributed by atoms with Crippen molar-refractivity contribution in [1.29, 1.82) is 0 Å². The third-order valence-electron chi connectivity index (χ3n) is 2.60. The van der Waals surface area contributed by atoms with Gasteiger partial charge in [0, 0.05) is 17.7 Å². The van der Waals surface area contributed by atoms with Gasteiger partial charge in [-0.25, -0.2) is 4.79 Å². The first-order valence-electron chi connectivity index (χ1n) is 5.39. The Morgan fingerprint density at radius 1 is 1.24 bits per heavy atom. The average molecular weight is 301 g/mol. The third kappa shape index (κ3) is 2.86. The summed E-state index contributed by atoms with van der Waals surface area (Å²) in [5.74, 6) is -2.30. The molecular weight excluding hydrogens is 295 g/mol. The van der Waals surface area contributed by atoms with Gasteiger partial charge in [0.2, 0.25) is 5.76 Å². The Bertz CT molecular complexity index is 720. The van der Waals surface area contributed by atoms with E-state index in [4.69, 9.17) is 9.52 Å². The highest BCUT2D eigenvalue weighted by atomic mass is 19.4. The summed E-state index contributed by atoms with van der Waals surface area (Å²) in [6.07, 6.45) is -4.85. The summed E-state index contributed by atoms with van der Waals surface area (Å²) in [4.78, 5) is 20.3. The molecule has 0 unspecified atom stereocenters. The van der Waals surface area contributed by atoms with E-state index in [1.807, 2.05) is 0 Å². The Balaban J connectivity index is 2.61. The van der Waals surface area contributed by atoms with Crippen LogP contribution in [-0.2, 0) is 6.18 Å². The molecule has 1 heterocycles. The zero-order valence-electron chi connectivity index (χ0n) is 10.0. The average Bonchev–Trinajstić information content (AvgIpc) is 2.86. The van der Waals surface area contributed by atoms with Gasteiger partial charge in [-0.05, 0) is 18.2 Å². The number of nitrogens with zero attached hydrogens (tertiary/aromatic N) is 1. The number of carboxylic acids is 1. The molecule has 1 aromatic carbocycles. The maximum atomic E-state index is 13.0. The predicted octanol–water partition coefficient (Wildman–Crippen LogP) is 3.57. The Hall–Kier alpha value is -2.84. The number of hydrogen-bond donors (Lipinski definition) is 1. The fourth-order valence-corrected chi connectivity index (χ4v) is 1.69. The minimum Gasteiger partial charge on any atom is -0.475 e. The van der Waals surface area contributed by atoms with Gasteiger partial charge in [-0.3, -0.25) is 10.1 Å². The van der Waals surface area contributed by atoms with Crippen molar-refractivity contribution in [2.45, 2.75) is 6.18 Å². The van der Waals surface area contributed by atoms with Gasteiger partial charge in [-0.1, -0.05) is 0 Å². The summed E-state index contributed by atoms with van der Waals surface area (Å²) in [7, 11) is 0. The van der Waals surface area contributed by atoms with E-state index in [1.54, 1.807) is 0 Å². The summed E-state index contributed by atoms with van der Waals surface area (Å²) in [6, 6.07) is 4.18. The number of halogens is 3. The first-order chi connectivity index (χ1) is 9.70. The highest BCUT2D eigenvalue weighted by Crippen LogP contribution is 2.39. The second-order valence-electron chi connectivity index (χ2n) is 3.95. The van der Waals surface area contributed by atoms with Crippen LogP contribution < -0.4 is 0 Å². The molecule has 0 aliphatic carbocycles. The van der Waals surface area contributed by atoms with E-state index in [9.17, 15) is 28.1 Å². The van der Waals surface area contributed by atoms with Gasteiger partial charge >= 0.3 is 12.1 Å². The largest absolute Gasteiger partial charge is 0.475 e. The number of benzene rings is 1. The van der Waals surface area contributed by atoms with E-state index < -0.39 is 39.6 Å². The molecule has 6 nitrogen and oxygen atoms in total. The van der Waals surface area contributed by atoms with Crippen LogP contribution in [-0.4, -0.2) is 16.0 Å². The summed E-state index contributed by atoms with van der Waals surface area (Å²) in [6.45, 7) is 0. The lowest BCUT2D eigenvalue weighted by atomic mass is 10.0. The van der Waals surface area contributed by atoms with Gasteiger partial charge in [-0.15, -0.1) is 0 Å². The molecule has 0 amide bonds. The van der Waals surface area contributed by atoms with Crippen LogP contribution >= 0.6 is 0 Å². The maximum absolute atomic E-state index is 13.0. The van der Waals surface area contributed by atoms with Gasteiger partial charge in [-0.2, -0.15) is 13.2 Å². The molecule has 0 spiro atoms. The number of furan rings is 1. The first-order valence-corrected chi connectivity index (χ1v) is 5.39. The highest BCUT2D eigenvalue weighted by molar-refractivity contribution is 5.85. The minimum absolute atomic E-state index is 0.338. The zero-order chi connectivity index (χ0) is 15.8. The molecule has 0 aliphatic rings. The molecule has 0 aliphatic heterocycles. The lowest BCUT2D eigenvalue weighted by Gasteiger charge is -2.10. The lowest BCUT2D eigenvalue weighted by molar-refractivity contribution is -0.385. The molecule has 2 rings (SSSR count). The Kier molecular flexibility index (Phi) is 3.42. The number of alkyl halides is 3. The zero-order valence-corrected chi connectivity index (χ0v) is 10.0. The standard InChI is InChI=1S/C12H6F3NO5/c13-12(14,15)8-5-6(16(19)20)1-2-7(8)9-3-4-10(21-9)11(17)18/h1-5H,(H,17,18). The van der Waals surface area contributed by atoms with E-state index >= 15 is 0 Å². The quantitative estimate of drug-likeness (QED) is 0.691. The van der Waals surface area contributed by atoms with E-state index in [1.165, 1.54) is 0 Å². The van der Waals surface area contributed by atoms with Crippen LogP contribution in [0.4, 0.5) is 18.9 Å². The summed E-state index contributed by atoms with van der Waals surface area (Å²) in [5, 5.41) is 19.2. The van der Waals surface area contributed by atoms with E-state index in [-0.39, 0.29) is 5.76 Å². The summed E-state index contributed by atoms with van der Waals surface area (Å²) >= 11 is 0. The molecular formula is C12H6F3NO5. The van der Waals surface area contributed by atoms with Crippen molar-refractivity contribution in [2.75, 3.05) is 0 Å². The molecule has 1 N–H and O–H groups in total. The Morgan fingerprint density at radius 2 is 1.90 bits per heavy atom. The molecule has 2 aromatic rings. The topological polar surface area (TPSA) is 93.6 Å². The molecule has 0 bridgehead atoms. The van der Waals surface area contributed by atoms with Crippen LogP contribution in [0, 0.1) is 10.1 Å². The molecule has 0 fully saturated rings. The normalized spacial score (nSPS) is 11.4. The van der Waals surface area contributed by atoms with Crippen LogP contribution in [0.1, 0.15) is 16.1 Å². The Morgan fingerprint density at radius 3 is 2.38 bits per heavy atom. The molecule has 110 valence electrons. The molecule has 0 saturated heterocycles. The molecule has 0 atom stereocenters. The van der Waals surface area contributed by atoms with Gasteiger partial charge in [0.25, 0.3) is 5.69 Å². The van der Waals surface area contributed by atoms with Crippen LogP contribution in [0.5, 0.6) is 0 Å². The van der Waals surface area contributed by atoms with Crippen LogP contribution in [0.15, 0.2) is 34.7 Å². The molecule has 0 radical (unpaired) electrons. The summed E-state index contributed by atoms with van der Waals surface area (Å²) in [5.41, 5.74) is -2.47. The predicted molar refractivity (Wildman–Crippen MR) is 62.8 cm³/mol. The number of non-ortho nitro benzene ring substituents is 1. The molecule has 21 heavy (non-hydrogen) atoms. The number of nitro groups is 1. The molecule has 1 aromatic heterocycles. The SMILES string of the molecule is O=C(O)c1ccc(-c2ccc([N+](=O)[O-])cc2C(F)(F)F)o1. The third-order valence-corrected chi connectivity index (χ3v) is 2.60. The fourth-order valence-electron chi connectivity index (χ4n) is 1.69. The van der Waals surface area contributed by atoms with Crippen molar-refractivity contribution >= 4 is 11.7 Å². The van der Waals surface area contributed by atoms with E-state index in [2.05, 4.69) is 0 Å². The van der Waals surface area contributed by atoms with Crippen LogP contribution in [0.3, 0.4) is 0 Å². The number of hydrogen-bond acceptors (Lipinski definition) is 4. The van der Waals surface area contributed by atoms with Crippen molar-refractivity contribution in [1.82, 2.24) is 0 Å². The highest BCUT2D eigenvalue weighted by Gasteiger charge is 2.36. The van der Waals surface area contributed by atoms with Crippen LogP contribution in [0.25, 0.3) is 11.3 Å². The number of carbonyl (C=O) groups is 1. The van der Waals surface area contributed by atoms with E-state index in [0.29, 0.717) is 6.07 Å². The van der Waals surface area contributed by atoms with Gasteiger partial charge in [0.05, 0.1) is 10.5 Å². The number of aromatic carboxylic acids is 1. The monoisotopic (exact) mass is 301 g/mol. The van der Waals surface area contributed by atoms with Crippen molar-refractivity contribution < 1.29 is 32.4 Å². The summed E-state index contributed by atoms with van der Waals surface area (Å²) < 4.78 is 43.7. The second kappa shape index (κ2) is 4.93. The smallest absolute Gasteiger partial charge is 0.417 e. The van der Waals surface area contributed by atoms with Gasteiger partial charge < -0.3 is 9.52 Å². The van der Waals surface area contributed by atoms with Gasteiger partial charge in [0.1, 0.15) is 5.76 Å². The molecule has 0 saturated carbocycles. The Labute approximate surface area is 114 Å². The van der Waals surface area contributed by atoms with Gasteiger partial charge in [0.15, 0.2) is 0 Å². The fraction of sp³-hybridized carbons (Fsp3) is 0.0833. The molecule has 9 heteroatoms. The van der Waals surface area contributed by atoms with E-state index in [0.717, 1.165) is 24.3 Å². The minimum atomic E-state index is -4.85. The number of rotatable bonds is 3. The van der Waals surface area contributed by atoms with Crippen molar-refractivity contribution in [3.05, 3.63) is 51.8 Å². The second-order valence-corrected chi connectivity index (χ2v) is 3.95. The van der Waals surface area contributed by atoms with Crippen LogP contribution in [0.2, 0.25) is 0 Å². The number of carboxylic acid groups (broad SMARTS) is 1. The number of nitro benzene ring substituents is 1. The van der Waals surface area contributed by atoms with Crippen molar-refractivity contribution in [3.63, 3.8) is 0 Å². The first kappa shape index (κ1) is 14.6.